The number of carbonyl (C=O) groups is 1. The molecule has 1 fully saturated rings. The minimum atomic E-state index is -0.877. The van der Waals surface area contributed by atoms with E-state index in [1.54, 1.807) is 0 Å². The largest absolute Gasteiger partial charge is 0.410 e. The fourth-order valence-corrected chi connectivity index (χ4v) is 5.34. The number of nitrogens with one attached hydrogen (secondary N) is 1. The van der Waals surface area contributed by atoms with Gasteiger partial charge in [-0.2, -0.15) is 0 Å². The molecule has 1 aliphatic rings. The van der Waals surface area contributed by atoms with Crippen LogP contribution in [0.4, 0.5) is 16.3 Å². The van der Waals surface area contributed by atoms with Gasteiger partial charge in [0.05, 0.1) is 11.8 Å². The van der Waals surface area contributed by atoms with Gasteiger partial charge in [-0.15, -0.1) is 0 Å². The van der Waals surface area contributed by atoms with Crippen molar-refractivity contribution in [1.29, 1.82) is 0 Å². The molecular formula is C24H31N5O3S. The molecule has 3 heterocycles. The van der Waals surface area contributed by atoms with Crippen LogP contribution in [0.1, 0.15) is 43.4 Å². The monoisotopic (exact) mass is 469 g/mol. The summed E-state index contributed by atoms with van der Waals surface area (Å²) in [6.07, 6.45) is 2.37. The fourth-order valence-electron chi connectivity index (χ4n) is 4.34. The highest BCUT2D eigenvalue weighted by atomic mass is 32.1. The van der Waals surface area contributed by atoms with Crippen LogP contribution < -0.4 is 26.4 Å². The van der Waals surface area contributed by atoms with Crippen LogP contribution >= 0.6 is 11.3 Å². The van der Waals surface area contributed by atoms with Crippen molar-refractivity contribution in [1.82, 2.24) is 10.3 Å². The van der Waals surface area contributed by atoms with Crippen LogP contribution in [0.25, 0.3) is 10.2 Å². The first-order valence-corrected chi connectivity index (χ1v) is 12.2. The van der Waals surface area contributed by atoms with Crippen LogP contribution in [-0.2, 0) is 6.42 Å². The molecule has 4 rings (SSSR count). The Balaban J connectivity index is 1.43. The van der Waals surface area contributed by atoms with E-state index in [4.69, 9.17) is 21.2 Å². The van der Waals surface area contributed by atoms with Crippen molar-refractivity contribution in [2.24, 2.45) is 5.73 Å². The Hall–Kier alpha value is -2.88. The van der Waals surface area contributed by atoms with Crippen LogP contribution in [0.3, 0.4) is 0 Å². The zero-order valence-corrected chi connectivity index (χ0v) is 19.6. The number of pyridine rings is 1. The quantitative estimate of drug-likeness (QED) is 0.397. The van der Waals surface area contributed by atoms with Gasteiger partial charge in [0.15, 0.2) is 0 Å². The summed E-state index contributed by atoms with van der Waals surface area (Å²) in [5, 5.41) is 15.1. The third-order valence-corrected chi connectivity index (χ3v) is 7.03. The fraction of sp³-hybridized carbons (Fsp3) is 0.417. The van der Waals surface area contributed by atoms with Crippen LogP contribution in [0.5, 0.6) is 5.06 Å². The van der Waals surface area contributed by atoms with Crippen LogP contribution in [0, 0.1) is 0 Å². The highest BCUT2D eigenvalue weighted by molar-refractivity contribution is 7.21. The number of rotatable bonds is 8. The van der Waals surface area contributed by atoms with Crippen molar-refractivity contribution in [3.05, 3.63) is 47.5 Å². The first-order chi connectivity index (χ1) is 16.0. The molecule has 2 aromatic heterocycles. The molecular weight excluding hydrogens is 438 g/mol. The van der Waals surface area contributed by atoms with E-state index >= 15 is 0 Å². The maximum Gasteiger partial charge on any atom is 0.410 e. The average Bonchev–Trinajstić information content (AvgIpc) is 3.13. The van der Waals surface area contributed by atoms with Gasteiger partial charge in [0.25, 0.3) is 0 Å². The van der Waals surface area contributed by atoms with Gasteiger partial charge >= 0.3 is 6.09 Å². The molecule has 9 heteroatoms. The van der Waals surface area contributed by atoms with Crippen LogP contribution in [0.2, 0.25) is 0 Å². The summed E-state index contributed by atoms with van der Waals surface area (Å²) < 4.78 is 5.09. The van der Waals surface area contributed by atoms with Gasteiger partial charge in [0.1, 0.15) is 10.6 Å². The Morgan fingerprint density at radius 1 is 1.33 bits per heavy atom. The molecule has 1 saturated heterocycles. The number of anilines is 2. The summed E-state index contributed by atoms with van der Waals surface area (Å²) in [6, 6.07) is 12.2. The number of aliphatic hydroxyl groups is 1. The Bertz CT molecular complexity index is 1100. The number of aryl methyl sites for hydroxylation is 1. The minimum absolute atomic E-state index is 0.305. The summed E-state index contributed by atoms with van der Waals surface area (Å²) in [7, 11) is 0. The smallest absolute Gasteiger partial charge is 0.397 e. The number of nitrogens with zero attached hydrogens (tertiary/aromatic N) is 2. The highest BCUT2D eigenvalue weighted by Crippen LogP contribution is 2.42. The normalized spacial score (nSPS) is 15.6. The number of carbonyl (C=O) groups excluding carboxylic acids is 1. The molecule has 3 aromatic rings. The number of nitrogen functional groups attached to an aromatic ring is 1. The number of aliphatic hydroxyl groups excluding tert-OH is 1. The van der Waals surface area contributed by atoms with E-state index in [2.05, 4.69) is 23.2 Å². The number of primary amides is 1. The van der Waals surface area contributed by atoms with Gasteiger partial charge in [0, 0.05) is 31.1 Å². The number of aromatic nitrogens is 1. The number of nitrogens with two attached hydrogens (primary N) is 2. The van der Waals surface area contributed by atoms with Crippen LogP contribution in [0.15, 0.2) is 36.4 Å². The van der Waals surface area contributed by atoms with E-state index in [1.165, 1.54) is 11.3 Å². The third-order valence-electron chi connectivity index (χ3n) is 6.05. The molecule has 176 valence electrons. The second-order valence-corrected chi connectivity index (χ2v) is 9.35. The molecule has 1 atom stereocenters. The molecule has 1 aliphatic heterocycles. The first-order valence-electron chi connectivity index (χ1n) is 11.4. The first kappa shape index (κ1) is 23.3. The molecule has 1 unspecified atom stereocenters. The summed E-state index contributed by atoms with van der Waals surface area (Å²) in [5.74, 6) is 0.917. The van der Waals surface area contributed by atoms with E-state index in [0.717, 1.165) is 65.9 Å². The van der Waals surface area contributed by atoms with Gasteiger partial charge in [-0.3, -0.25) is 0 Å². The number of hydrogen-bond acceptors (Lipinski definition) is 8. The standard InChI is InChI=1S/C24H31N5O3S/c1-2-6-16-13-19(28-22-20(16)21(25)23(33-22)32-24(26)31)29-11-9-17(10-12-29)27-14-18(30)15-7-4-3-5-8-15/h3-5,7-8,13,17-18,27,30H,2,6,9-12,14,25H2,1H3,(H2,26,31). The lowest BCUT2D eigenvalue weighted by atomic mass is 10.0. The minimum Gasteiger partial charge on any atom is -0.397 e. The molecule has 1 amide bonds. The molecule has 6 N–H and O–H groups in total. The van der Waals surface area contributed by atoms with Gasteiger partial charge < -0.3 is 31.5 Å². The summed E-state index contributed by atoms with van der Waals surface area (Å²) in [5.41, 5.74) is 13.9. The van der Waals surface area contributed by atoms with Gasteiger partial charge in [-0.05, 0) is 36.5 Å². The lowest BCUT2D eigenvalue weighted by molar-refractivity contribution is 0.167. The van der Waals surface area contributed by atoms with E-state index in [-0.39, 0.29) is 0 Å². The molecule has 0 radical (unpaired) electrons. The van der Waals surface area contributed by atoms with Crippen molar-refractivity contribution < 1.29 is 14.6 Å². The van der Waals surface area contributed by atoms with Crippen molar-refractivity contribution in [2.45, 2.75) is 44.8 Å². The topological polar surface area (TPSA) is 127 Å². The van der Waals surface area contributed by atoms with Crippen molar-refractivity contribution in [3.63, 3.8) is 0 Å². The maximum absolute atomic E-state index is 11.2. The van der Waals surface area contributed by atoms with Gasteiger partial charge in [-0.25, -0.2) is 9.78 Å². The molecule has 0 aliphatic carbocycles. The van der Waals surface area contributed by atoms with E-state index in [0.29, 0.717) is 23.3 Å². The SMILES string of the molecule is CCCc1cc(N2CCC(NCC(O)c3ccccc3)CC2)nc2sc(OC(N)=O)c(N)c12. The lowest BCUT2D eigenvalue weighted by Gasteiger charge is -2.34. The molecule has 0 spiro atoms. The van der Waals surface area contributed by atoms with Gasteiger partial charge in [-0.1, -0.05) is 55.0 Å². The molecule has 8 nitrogen and oxygen atoms in total. The molecule has 0 saturated carbocycles. The predicted octanol–water partition coefficient (Wildman–Crippen LogP) is 3.58. The maximum atomic E-state index is 11.2. The van der Waals surface area contributed by atoms with Crippen molar-refractivity contribution >= 4 is 39.2 Å². The van der Waals surface area contributed by atoms with E-state index in [9.17, 15) is 9.90 Å². The number of benzene rings is 1. The van der Waals surface area contributed by atoms with Crippen molar-refractivity contribution in [3.8, 4) is 5.06 Å². The van der Waals surface area contributed by atoms with Crippen molar-refractivity contribution in [2.75, 3.05) is 30.3 Å². The second kappa shape index (κ2) is 10.4. The Labute approximate surface area is 197 Å². The Morgan fingerprint density at radius 2 is 2.06 bits per heavy atom. The second-order valence-electron chi connectivity index (χ2n) is 8.39. The average molecular weight is 470 g/mol. The molecule has 33 heavy (non-hydrogen) atoms. The number of hydrogen-bond donors (Lipinski definition) is 4. The summed E-state index contributed by atoms with van der Waals surface area (Å²) in [6.45, 7) is 4.40. The number of thiophene rings is 1. The molecule has 0 bridgehead atoms. The molecule has 1 aromatic carbocycles. The zero-order chi connectivity index (χ0) is 23.4. The summed E-state index contributed by atoms with van der Waals surface area (Å²) >= 11 is 1.25. The highest BCUT2D eigenvalue weighted by Gasteiger charge is 2.24. The van der Waals surface area contributed by atoms with E-state index in [1.807, 2.05) is 30.3 Å². The van der Waals surface area contributed by atoms with Gasteiger partial charge in [0.2, 0.25) is 5.06 Å². The number of ether oxygens (including phenoxy) is 1. The number of amides is 1. The number of piperidine rings is 1. The van der Waals surface area contributed by atoms with Crippen LogP contribution in [-0.4, -0.2) is 41.9 Å². The third kappa shape index (κ3) is 5.38. The predicted molar refractivity (Wildman–Crippen MR) is 133 cm³/mol. The lowest BCUT2D eigenvalue weighted by Crippen LogP contribution is -2.44. The number of fused-ring (bicyclic) bond motifs is 1. The van der Waals surface area contributed by atoms with E-state index < -0.39 is 12.2 Å². The zero-order valence-electron chi connectivity index (χ0n) is 18.8. The Kier molecular flexibility index (Phi) is 7.32. The summed E-state index contributed by atoms with van der Waals surface area (Å²) in [4.78, 5) is 19.1. The Morgan fingerprint density at radius 3 is 2.73 bits per heavy atom.